The summed E-state index contributed by atoms with van der Waals surface area (Å²) in [7, 11) is 2.01. The molecule has 2 N–H and O–H groups in total. The van der Waals surface area contributed by atoms with Gasteiger partial charge >= 0.3 is 0 Å². The lowest BCUT2D eigenvalue weighted by Crippen LogP contribution is -2.27. The first-order valence-electron chi connectivity index (χ1n) is 5.79. The van der Waals surface area contributed by atoms with Gasteiger partial charge in [0.2, 0.25) is 5.95 Å². The molecule has 0 saturated heterocycles. The number of aryl methyl sites for hydroxylation is 1. The number of likely N-dealkylation sites (N-methyl/N-ethyl adjacent to an activating group) is 1. The number of aromatic nitrogens is 2. The van der Waals surface area contributed by atoms with Gasteiger partial charge in [0.05, 0.1) is 0 Å². The second-order valence-electron chi connectivity index (χ2n) is 3.68. The van der Waals surface area contributed by atoms with Gasteiger partial charge in [-0.3, -0.25) is 0 Å². The van der Waals surface area contributed by atoms with Crippen LogP contribution in [0.15, 0.2) is 12.4 Å². The van der Waals surface area contributed by atoms with Gasteiger partial charge in [-0.2, -0.15) is 0 Å². The van der Waals surface area contributed by atoms with Gasteiger partial charge in [-0.1, -0.05) is 0 Å². The van der Waals surface area contributed by atoms with Crippen molar-refractivity contribution < 1.29 is 4.74 Å². The summed E-state index contributed by atoms with van der Waals surface area (Å²) in [6.45, 7) is 5.99. The number of nitrogens with two attached hydrogens (primary N) is 1. The van der Waals surface area contributed by atoms with E-state index in [0.29, 0.717) is 6.54 Å². The van der Waals surface area contributed by atoms with E-state index in [1.807, 2.05) is 26.4 Å². The number of nitrogens with zero attached hydrogens (tertiary/aromatic N) is 3. The molecule has 1 aromatic rings. The molecular weight excluding hydrogens is 204 g/mol. The maximum absolute atomic E-state index is 5.53. The molecule has 5 heteroatoms. The molecule has 1 aromatic heterocycles. The first-order chi connectivity index (χ1) is 7.79. The Morgan fingerprint density at radius 2 is 2.38 bits per heavy atom. The van der Waals surface area contributed by atoms with Gasteiger partial charge in [-0.15, -0.1) is 0 Å². The molecule has 0 aliphatic heterocycles. The summed E-state index contributed by atoms with van der Waals surface area (Å²) in [4.78, 5) is 6.40. The van der Waals surface area contributed by atoms with Crippen molar-refractivity contribution in [3.8, 4) is 0 Å². The zero-order chi connectivity index (χ0) is 11.8. The summed E-state index contributed by atoms with van der Waals surface area (Å²) in [5.74, 6) is 0.974. The monoisotopic (exact) mass is 226 g/mol. The third-order valence-electron chi connectivity index (χ3n) is 2.39. The summed E-state index contributed by atoms with van der Waals surface area (Å²) in [6, 6.07) is 0. The van der Waals surface area contributed by atoms with Gasteiger partial charge in [0.15, 0.2) is 0 Å². The summed E-state index contributed by atoms with van der Waals surface area (Å²) < 4.78 is 7.45. The van der Waals surface area contributed by atoms with Crippen molar-refractivity contribution in [2.45, 2.75) is 19.9 Å². The molecule has 0 amide bonds. The summed E-state index contributed by atoms with van der Waals surface area (Å²) >= 11 is 0. The van der Waals surface area contributed by atoms with E-state index in [9.17, 15) is 0 Å². The standard InChI is InChI=1S/C11H22N4O/c1-3-16-10-4-7-15-9-6-13-11(15)14(2)8-5-12/h6,9H,3-5,7-8,10,12H2,1-2H3. The highest BCUT2D eigenvalue weighted by molar-refractivity contribution is 5.29. The van der Waals surface area contributed by atoms with E-state index in [-0.39, 0.29) is 0 Å². The fourth-order valence-electron chi connectivity index (χ4n) is 1.59. The zero-order valence-electron chi connectivity index (χ0n) is 10.2. The van der Waals surface area contributed by atoms with Crippen LogP contribution in [0.5, 0.6) is 0 Å². The summed E-state index contributed by atoms with van der Waals surface area (Å²) in [5, 5.41) is 0. The first kappa shape index (κ1) is 13.0. The number of rotatable bonds is 8. The lowest BCUT2D eigenvalue weighted by molar-refractivity contribution is 0.141. The maximum atomic E-state index is 5.53. The molecule has 0 fully saturated rings. The zero-order valence-corrected chi connectivity index (χ0v) is 10.2. The molecule has 0 spiro atoms. The maximum Gasteiger partial charge on any atom is 0.205 e. The van der Waals surface area contributed by atoms with Crippen molar-refractivity contribution >= 4 is 5.95 Å². The van der Waals surface area contributed by atoms with Crippen LogP contribution in [0.4, 0.5) is 5.95 Å². The minimum atomic E-state index is 0.641. The summed E-state index contributed by atoms with van der Waals surface area (Å²) in [6.07, 6.45) is 4.82. The van der Waals surface area contributed by atoms with Crippen LogP contribution < -0.4 is 10.6 Å². The highest BCUT2D eigenvalue weighted by Crippen LogP contribution is 2.09. The number of anilines is 1. The normalized spacial score (nSPS) is 10.7. The Bertz CT molecular complexity index is 287. The van der Waals surface area contributed by atoms with Crippen LogP contribution in [0, 0.1) is 0 Å². The summed E-state index contributed by atoms with van der Waals surface area (Å²) in [5.41, 5.74) is 5.53. The molecule has 5 nitrogen and oxygen atoms in total. The van der Waals surface area contributed by atoms with E-state index in [1.54, 1.807) is 0 Å². The minimum Gasteiger partial charge on any atom is -0.382 e. The molecule has 1 rings (SSSR count). The van der Waals surface area contributed by atoms with Gasteiger partial charge in [0, 0.05) is 52.3 Å². The Morgan fingerprint density at radius 1 is 1.56 bits per heavy atom. The van der Waals surface area contributed by atoms with Crippen molar-refractivity contribution in [3.05, 3.63) is 12.4 Å². The van der Waals surface area contributed by atoms with E-state index in [1.165, 1.54) is 0 Å². The Kier molecular flexibility index (Phi) is 5.88. The molecule has 0 atom stereocenters. The quantitative estimate of drug-likeness (QED) is 0.663. The number of ether oxygens (including phenoxy) is 1. The Morgan fingerprint density at radius 3 is 3.06 bits per heavy atom. The Balaban J connectivity index is 2.43. The molecular formula is C11H22N4O. The highest BCUT2D eigenvalue weighted by atomic mass is 16.5. The van der Waals surface area contributed by atoms with Crippen LogP contribution in [0.2, 0.25) is 0 Å². The second kappa shape index (κ2) is 7.24. The lowest BCUT2D eigenvalue weighted by atomic mass is 10.4. The van der Waals surface area contributed by atoms with Crippen LogP contribution >= 0.6 is 0 Å². The fraction of sp³-hybridized carbons (Fsp3) is 0.727. The van der Waals surface area contributed by atoms with Crippen molar-refractivity contribution in [1.82, 2.24) is 9.55 Å². The van der Waals surface area contributed by atoms with Gasteiger partial charge in [-0.05, 0) is 13.3 Å². The largest absolute Gasteiger partial charge is 0.382 e. The number of hydrogen-bond acceptors (Lipinski definition) is 4. The first-order valence-corrected chi connectivity index (χ1v) is 5.79. The van der Waals surface area contributed by atoms with Crippen LogP contribution in [0.25, 0.3) is 0 Å². The molecule has 0 bridgehead atoms. The molecule has 16 heavy (non-hydrogen) atoms. The van der Waals surface area contributed by atoms with Gasteiger partial charge in [-0.25, -0.2) is 4.98 Å². The minimum absolute atomic E-state index is 0.641. The average Bonchev–Trinajstić information content (AvgIpc) is 2.73. The van der Waals surface area contributed by atoms with Gasteiger partial charge in [0.25, 0.3) is 0 Å². The van der Waals surface area contributed by atoms with Gasteiger partial charge < -0.3 is 19.9 Å². The van der Waals surface area contributed by atoms with Crippen molar-refractivity contribution in [2.24, 2.45) is 5.73 Å². The van der Waals surface area contributed by atoms with E-state index < -0.39 is 0 Å². The van der Waals surface area contributed by atoms with Crippen LogP contribution in [-0.2, 0) is 11.3 Å². The van der Waals surface area contributed by atoms with E-state index in [0.717, 1.165) is 38.7 Å². The average molecular weight is 226 g/mol. The SMILES string of the molecule is CCOCCCn1ccnc1N(C)CCN. The Labute approximate surface area is 97.2 Å². The topological polar surface area (TPSA) is 56.3 Å². The van der Waals surface area contributed by atoms with Crippen molar-refractivity contribution in [2.75, 3.05) is 38.3 Å². The van der Waals surface area contributed by atoms with Crippen LogP contribution in [0.3, 0.4) is 0 Å². The lowest BCUT2D eigenvalue weighted by Gasteiger charge is -2.18. The fourth-order valence-corrected chi connectivity index (χ4v) is 1.59. The molecule has 0 aromatic carbocycles. The highest BCUT2D eigenvalue weighted by Gasteiger charge is 2.06. The van der Waals surface area contributed by atoms with Crippen LogP contribution in [-0.4, -0.2) is 42.9 Å². The van der Waals surface area contributed by atoms with E-state index >= 15 is 0 Å². The second-order valence-corrected chi connectivity index (χ2v) is 3.68. The predicted octanol–water partition coefficient (Wildman–Crippen LogP) is 0.705. The number of hydrogen-bond donors (Lipinski definition) is 1. The van der Waals surface area contributed by atoms with Crippen LogP contribution in [0.1, 0.15) is 13.3 Å². The molecule has 0 aliphatic rings. The third kappa shape index (κ3) is 3.83. The smallest absolute Gasteiger partial charge is 0.205 e. The predicted molar refractivity (Wildman–Crippen MR) is 65.7 cm³/mol. The Hall–Kier alpha value is -1.07. The number of imidazole rings is 1. The van der Waals surface area contributed by atoms with Crippen molar-refractivity contribution in [1.29, 1.82) is 0 Å². The van der Waals surface area contributed by atoms with E-state index in [4.69, 9.17) is 10.5 Å². The molecule has 0 unspecified atom stereocenters. The third-order valence-corrected chi connectivity index (χ3v) is 2.39. The van der Waals surface area contributed by atoms with E-state index in [2.05, 4.69) is 14.5 Å². The molecule has 1 heterocycles. The van der Waals surface area contributed by atoms with Gasteiger partial charge in [0.1, 0.15) is 0 Å². The molecule has 0 aliphatic carbocycles. The molecule has 0 radical (unpaired) electrons. The molecule has 0 saturated carbocycles. The molecule has 92 valence electrons. The van der Waals surface area contributed by atoms with Crippen molar-refractivity contribution in [3.63, 3.8) is 0 Å².